The molecule has 0 fully saturated rings. The van der Waals surface area contributed by atoms with Crippen molar-refractivity contribution in [1.82, 2.24) is 0 Å². The second kappa shape index (κ2) is 19.6. The number of hydrogen-bond acceptors (Lipinski definition) is 4. The molecule has 0 aromatic heterocycles. The molecule has 23 heavy (non-hydrogen) atoms. The van der Waals surface area contributed by atoms with Gasteiger partial charge < -0.3 is 1.43 Å². The third-order valence-corrected chi connectivity index (χ3v) is 5.81. The predicted molar refractivity (Wildman–Crippen MR) is 99.9 cm³/mol. The third-order valence-electron chi connectivity index (χ3n) is 4.11. The first kappa shape index (κ1) is 26.5. The van der Waals surface area contributed by atoms with Crippen LogP contribution in [-0.4, -0.2) is 14.2 Å². The Morgan fingerprint density at radius 1 is 0.696 bits per heavy atom. The van der Waals surface area contributed by atoms with E-state index in [0.717, 1.165) is 12.8 Å². The van der Waals surface area contributed by atoms with Crippen LogP contribution in [0.1, 0.15) is 105 Å². The first-order valence-electron chi connectivity index (χ1n) is 9.18. The van der Waals surface area contributed by atoms with Gasteiger partial charge in [-0.05, 0) is 19.3 Å². The van der Waals surface area contributed by atoms with Crippen LogP contribution < -0.4 is 29.6 Å². The summed E-state index contributed by atoms with van der Waals surface area (Å²) >= 11 is 3.34. The van der Waals surface area contributed by atoms with Crippen molar-refractivity contribution in [2.45, 2.75) is 103 Å². The minimum absolute atomic E-state index is 0. The standard InChI is InChI=1S/C17H36O3S2.Na.H/c1-2-3-4-5-6-7-8-9-10-11-12-13-14-15-16-17-22(18,19)20-21;;/h21H,2-17H2,1H3;;/q;+1;-1. The summed E-state index contributed by atoms with van der Waals surface area (Å²) in [5.74, 6) is 0.0920. The number of unbranched alkanes of at least 4 members (excludes halogenated alkanes) is 14. The van der Waals surface area contributed by atoms with Gasteiger partial charge in [-0.2, -0.15) is 8.42 Å². The van der Waals surface area contributed by atoms with Crippen LogP contribution in [0.5, 0.6) is 0 Å². The molecule has 6 heteroatoms. The van der Waals surface area contributed by atoms with Gasteiger partial charge >= 0.3 is 29.6 Å². The fraction of sp³-hybridized carbons (Fsp3) is 1.00. The van der Waals surface area contributed by atoms with Crippen LogP contribution in [0.3, 0.4) is 0 Å². The third kappa shape index (κ3) is 21.2. The maximum atomic E-state index is 11.0. The first-order chi connectivity index (χ1) is 10.6. The molecule has 0 aromatic rings. The van der Waals surface area contributed by atoms with Gasteiger partial charge in [-0.25, -0.2) is 3.63 Å². The Labute approximate surface area is 174 Å². The maximum absolute atomic E-state index is 11.0. The largest absolute Gasteiger partial charge is 1.00 e. The Hall–Kier alpha value is 1.26. The predicted octanol–water partition coefficient (Wildman–Crippen LogP) is 3.17. The molecular weight excluding hydrogens is 339 g/mol. The van der Waals surface area contributed by atoms with Gasteiger partial charge in [-0.1, -0.05) is 96.8 Å². The van der Waals surface area contributed by atoms with Crippen molar-refractivity contribution in [1.29, 1.82) is 0 Å². The molecule has 0 bridgehead atoms. The van der Waals surface area contributed by atoms with Gasteiger partial charge in [-0.3, -0.25) is 0 Å². The quantitative estimate of drug-likeness (QED) is 0.183. The second-order valence-corrected chi connectivity index (χ2v) is 8.41. The molecule has 0 spiro atoms. The fourth-order valence-electron chi connectivity index (χ4n) is 2.69. The summed E-state index contributed by atoms with van der Waals surface area (Å²) < 4.78 is 26.2. The van der Waals surface area contributed by atoms with E-state index in [9.17, 15) is 8.42 Å². The van der Waals surface area contributed by atoms with Crippen molar-refractivity contribution in [2.75, 3.05) is 5.75 Å². The Morgan fingerprint density at radius 2 is 1.00 bits per heavy atom. The molecule has 0 aliphatic carbocycles. The Morgan fingerprint density at radius 3 is 1.30 bits per heavy atom. The van der Waals surface area contributed by atoms with Crippen molar-refractivity contribution in [3.05, 3.63) is 0 Å². The minimum Gasteiger partial charge on any atom is -1.00 e. The van der Waals surface area contributed by atoms with Crippen LogP contribution in [0.25, 0.3) is 0 Å². The Kier molecular flexibility index (Phi) is 22.6. The van der Waals surface area contributed by atoms with Gasteiger partial charge in [0.15, 0.2) is 0 Å². The van der Waals surface area contributed by atoms with E-state index in [0.29, 0.717) is 6.42 Å². The van der Waals surface area contributed by atoms with Crippen LogP contribution in [0.2, 0.25) is 0 Å². The van der Waals surface area contributed by atoms with Crippen molar-refractivity contribution in [3.8, 4) is 0 Å². The molecule has 0 heterocycles. The molecule has 0 atom stereocenters. The van der Waals surface area contributed by atoms with Crippen LogP contribution in [0, 0.1) is 0 Å². The van der Waals surface area contributed by atoms with E-state index in [-0.39, 0.29) is 36.7 Å². The smallest absolute Gasteiger partial charge is 1.00 e. The Bertz CT molecular complexity index is 328. The molecule has 0 radical (unpaired) electrons. The summed E-state index contributed by atoms with van der Waals surface area (Å²) in [6.07, 6.45) is 19.1. The number of thiol groups is 1. The van der Waals surface area contributed by atoms with Gasteiger partial charge in [-0.15, -0.1) is 0 Å². The SMILES string of the molecule is CCCCCCCCCCCCCCCCCS(=O)(=O)OS.[H-].[Na+]. The minimum atomic E-state index is -3.37. The normalized spacial score (nSPS) is 11.4. The van der Waals surface area contributed by atoms with Gasteiger partial charge in [0.25, 0.3) is 10.1 Å². The number of hydrogen-bond donors (Lipinski definition) is 1. The van der Waals surface area contributed by atoms with Gasteiger partial charge in [0.05, 0.1) is 5.75 Å². The molecule has 0 N–H and O–H groups in total. The van der Waals surface area contributed by atoms with Crippen LogP contribution in [0.4, 0.5) is 0 Å². The molecule has 0 aromatic carbocycles. The van der Waals surface area contributed by atoms with E-state index in [4.69, 9.17) is 0 Å². The summed E-state index contributed by atoms with van der Waals surface area (Å²) in [6, 6.07) is 0. The molecule has 0 amide bonds. The molecular formula is C17H37NaO3S2. The van der Waals surface area contributed by atoms with E-state index >= 15 is 0 Å². The molecule has 0 aliphatic rings. The van der Waals surface area contributed by atoms with Gasteiger partial charge in [0.2, 0.25) is 0 Å². The van der Waals surface area contributed by atoms with Crippen molar-refractivity contribution in [3.63, 3.8) is 0 Å². The van der Waals surface area contributed by atoms with Crippen molar-refractivity contribution >= 4 is 23.0 Å². The molecule has 136 valence electrons. The zero-order valence-electron chi connectivity index (χ0n) is 16.4. The first-order valence-corrected chi connectivity index (χ1v) is 11.1. The zero-order valence-corrected chi connectivity index (χ0v) is 19.1. The van der Waals surface area contributed by atoms with Crippen LogP contribution in [-0.2, 0) is 13.7 Å². The van der Waals surface area contributed by atoms with Crippen molar-refractivity contribution in [2.24, 2.45) is 0 Å². The van der Waals surface area contributed by atoms with Gasteiger partial charge in [0.1, 0.15) is 0 Å². The fourth-order valence-corrected chi connectivity index (χ4v) is 3.54. The topological polar surface area (TPSA) is 43.4 Å². The summed E-state index contributed by atoms with van der Waals surface area (Å²) in [4.78, 5) is 0. The number of rotatable bonds is 17. The molecule has 0 aliphatic heterocycles. The maximum Gasteiger partial charge on any atom is 1.00 e. The molecule has 0 saturated carbocycles. The second-order valence-electron chi connectivity index (χ2n) is 6.29. The monoisotopic (exact) mass is 376 g/mol. The van der Waals surface area contributed by atoms with E-state index in [1.807, 2.05) is 0 Å². The van der Waals surface area contributed by atoms with Crippen LogP contribution in [0.15, 0.2) is 0 Å². The summed E-state index contributed by atoms with van der Waals surface area (Å²) in [5, 5.41) is 0. The van der Waals surface area contributed by atoms with Crippen molar-refractivity contribution < 1.29 is 43.0 Å². The molecule has 0 saturated heterocycles. The summed E-state index contributed by atoms with van der Waals surface area (Å²) in [5.41, 5.74) is 0. The zero-order chi connectivity index (χ0) is 16.5. The van der Waals surface area contributed by atoms with E-state index in [1.54, 1.807) is 0 Å². The average molecular weight is 377 g/mol. The van der Waals surface area contributed by atoms with Crippen LogP contribution >= 0.6 is 12.9 Å². The van der Waals surface area contributed by atoms with E-state index in [1.165, 1.54) is 77.0 Å². The molecule has 0 rings (SSSR count). The van der Waals surface area contributed by atoms with Gasteiger partial charge in [0, 0.05) is 0 Å². The average Bonchev–Trinajstić information content (AvgIpc) is 2.51. The molecule has 0 unspecified atom stereocenters. The summed E-state index contributed by atoms with van der Waals surface area (Å²) in [6.45, 7) is 2.26. The Balaban J connectivity index is -0.00000220. The summed E-state index contributed by atoms with van der Waals surface area (Å²) in [7, 11) is -3.37. The van der Waals surface area contributed by atoms with E-state index < -0.39 is 10.1 Å². The van der Waals surface area contributed by atoms with E-state index in [2.05, 4.69) is 23.5 Å². The molecule has 3 nitrogen and oxygen atoms in total.